The molecule has 8 heteroatoms. The van der Waals surface area contributed by atoms with E-state index in [1.54, 1.807) is 4.72 Å². The van der Waals surface area contributed by atoms with Crippen LogP contribution in [0.3, 0.4) is 0 Å². The predicted octanol–water partition coefficient (Wildman–Crippen LogP) is 0.628. The van der Waals surface area contributed by atoms with Crippen molar-refractivity contribution in [3.8, 4) is 0 Å². The van der Waals surface area contributed by atoms with Gasteiger partial charge < -0.3 is 5.73 Å². The Bertz CT molecular complexity index is 421. The molecule has 0 bridgehead atoms. The monoisotopic (exact) mass is 223 g/mol. The third-order valence-electron chi connectivity index (χ3n) is 1.34. The van der Waals surface area contributed by atoms with Crippen LogP contribution in [0.1, 0.15) is 0 Å². The van der Waals surface area contributed by atoms with Gasteiger partial charge in [0.25, 0.3) is 10.0 Å². The molecule has 0 aliphatic heterocycles. The fourth-order valence-electron chi connectivity index (χ4n) is 0.697. The van der Waals surface area contributed by atoms with Crippen molar-refractivity contribution in [2.24, 2.45) is 0 Å². The van der Waals surface area contributed by atoms with E-state index in [4.69, 9.17) is 5.73 Å². The minimum absolute atomic E-state index is 0.0169. The number of nitrogens with zero attached hydrogens (tertiary/aromatic N) is 1. The first-order valence-corrected chi connectivity index (χ1v) is 4.97. The molecule has 1 aromatic rings. The Balaban J connectivity index is 2.96. The van der Waals surface area contributed by atoms with Gasteiger partial charge in [-0.1, -0.05) is 0 Å². The third kappa shape index (κ3) is 2.28. The highest BCUT2D eigenvalue weighted by molar-refractivity contribution is 7.93. The number of halogens is 2. The van der Waals surface area contributed by atoms with Gasteiger partial charge in [-0.05, 0) is 6.07 Å². The molecule has 0 atom stereocenters. The van der Waals surface area contributed by atoms with E-state index in [2.05, 4.69) is 4.98 Å². The average Bonchev–Trinajstić information content (AvgIpc) is 2.08. The van der Waals surface area contributed by atoms with Gasteiger partial charge in [-0.3, -0.25) is 9.71 Å². The van der Waals surface area contributed by atoms with Crippen LogP contribution in [0.4, 0.5) is 20.2 Å². The zero-order valence-corrected chi connectivity index (χ0v) is 7.63. The standard InChI is InChI=1S/C6H7F2N3O2S/c7-6(8)14(12,13)11-5-1-2-10-3-4(5)9/h1-3,6H,9H2,(H,10,11). The van der Waals surface area contributed by atoms with E-state index >= 15 is 0 Å². The number of hydrogen-bond acceptors (Lipinski definition) is 4. The lowest BCUT2D eigenvalue weighted by atomic mass is 10.4. The summed E-state index contributed by atoms with van der Waals surface area (Å²) >= 11 is 0. The number of nitrogens with two attached hydrogens (primary N) is 1. The molecular weight excluding hydrogens is 216 g/mol. The summed E-state index contributed by atoms with van der Waals surface area (Å²) in [4.78, 5) is 3.57. The lowest BCUT2D eigenvalue weighted by Gasteiger charge is -2.08. The Labute approximate surface area is 79.0 Å². The zero-order chi connectivity index (χ0) is 10.8. The first-order chi connectivity index (χ1) is 6.43. The fourth-order valence-corrected chi connectivity index (χ4v) is 1.28. The van der Waals surface area contributed by atoms with Gasteiger partial charge in [0.2, 0.25) is 0 Å². The quantitative estimate of drug-likeness (QED) is 0.786. The Kier molecular flexibility index (Phi) is 2.84. The summed E-state index contributed by atoms with van der Waals surface area (Å²) in [5.74, 6) is -3.49. The van der Waals surface area contributed by atoms with Gasteiger partial charge >= 0.3 is 5.76 Å². The van der Waals surface area contributed by atoms with Crippen LogP contribution < -0.4 is 10.5 Å². The molecule has 1 rings (SSSR count). The van der Waals surface area contributed by atoms with E-state index in [1.165, 1.54) is 12.3 Å². The Morgan fingerprint density at radius 2 is 2.14 bits per heavy atom. The molecule has 1 heterocycles. The molecule has 78 valence electrons. The molecule has 0 saturated carbocycles. The molecular formula is C6H7F2N3O2S. The number of alkyl halides is 2. The van der Waals surface area contributed by atoms with E-state index in [9.17, 15) is 17.2 Å². The van der Waals surface area contributed by atoms with Crippen molar-refractivity contribution in [2.75, 3.05) is 10.5 Å². The molecule has 0 amide bonds. The van der Waals surface area contributed by atoms with Crippen molar-refractivity contribution in [1.29, 1.82) is 0 Å². The fraction of sp³-hybridized carbons (Fsp3) is 0.167. The minimum Gasteiger partial charge on any atom is -0.396 e. The molecule has 0 saturated heterocycles. The van der Waals surface area contributed by atoms with Crippen LogP contribution in [0.15, 0.2) is 18.5 Å². The van der Waals surface area contributed by atoms with Crippen LogP contribution in [0.25, 0.3) is 0 Å². The number of hydrogen-bond donors (Lipinski definition) is 2. The minimum atomic E-state index is -4.66. The van der Waals surface area contributed by atoms with Gasteiger partial charge in [0, 0.05) is 6.20 Å². The first-order valence-electron chi connectivity index (χ1n) is 3.43. The highest BCUT2D eigenvalue weighted by Gasteiger charge is 2.24. The van der Waals surface area contributed by atoms with Crippen molar-refractivity contribution < 1.29 is 17.2 Å². The van der Waals surface area contributed by atoms with Crippen LogP contribution in [-0.2, 0) is 10.0 Å². The normalized spacial score (nSPS) is 11.6. The van der Waals surface area contributed by atoms with Crippen molar-refractivity contribution in [3.05, 3.63) is 18.5 Å². The molecule has 14 heavy (non-hydrogen) atoms. The van der Waals surface area contributed by atoms with Crippen LogP contribution in [0.5, 0.6) is 0 Å². The molecule has 3 N–H and O–H groups in total. The summed E-state index contributed by atoms with van der Waals surface area (Å²) in [6.45, 7) is 0. The number of anilines is 2. The first kappa shape index (κ1) is 10.6. The van der Waals surface area contributed by atoms with Crippen LogP contribution in [0.2, 0.25) is 0 Å². The number of aromatic nitrogens is 1. The second-order valence-electron chi connectivity index (χ2n) is 2.37. The van der Waals surface area contributed by atoms with Gasteiger partial charge in [-0.15, -0.1) is 0 Å². The van der Waals surface area contributed by atoms with E-state index in [1.807, 2.05) is 0 Å². The predicted molar refractivity (Wildman–Crippen MR) is 47.2 cm³/mol. The molecule has 0 unspecified atom stereocenters. The maximum Gasteiger partial charge on any atom is 0.355 e. The van der Waals surface area contributed by atoms with Crippen molar-refractivity contribution in [1.82, 2.24) is 4.98 Å². The smallest absolute Gasteiger partial charge is 0.355 e. The van der Waals surface area contributed by atoms with Gasteiger partial charge in [0.05, 0.1) is 17.6 Å². The molecule has 0 aromatic carbocycles. The second-order valence-corrected chi connectivity index (χ2v) is 4.02. The molecule has 0 fully saturated rings. The van der Waals surface area contributed by atoms with E-state index in [-0.39, 0.29) is 11.4 Å². The van der Waals surface area contributed by atoms with Crippen molar-refractivity contribution in [3.63, 3.8) is 0 Å². The Morgan fingerprint density at radius 1 is 1.50 bits per heavy atom. The number of nitrogens with one attached hydrogen (secondary N) is 1. The topological polar surface area (TPSA) is 85.1 Å². The molecule has 5 nitrogen and oxygen atoms in total. The van der Waals surface area contributed by atoms with Gasteiger partial charge in [0.15, 0.2) is 0 Å². The SMILES string of the molecule is Nc1cnccc1NS(=O)(=O)C(F)F. The number of sulfonamides is 1. The highest BCUT2D eigenvalue weighted by atomic mass is 32.2. The third-order valence-corrected chi connectivity index (χ3v) is 2.31. The molecule has 1 aromatic heterocycles. The van der Waals surface area contributed by atoms with Gasteiger partial charge in [0.1, 0.15) is 0 Å². The highest BCUT2D eigenvalue weighted by Crippen LogP contribution is 2.18. The molecule has 0 radical (unpaired) electrons. The average molecular weight is 223 g/mol. The Morgan fingerprint density at radius 3 is 2.64 bits per heavy atom. The molecule has 0 aliphatic rings. The van der Waals surface area contributed by atoms with Gasteiger partial charge in [-0.25, -0.2) is 8.42 Å². The summed E-state index contributed by atoms with van der Waals surface area (Å²) in [5, 5.41) is 0. The summed E-state index contributed by atoms with van der Waals surface area (Å²) in [6, 6.07) is 1.19. The van der Waals surface area contributed by atoms with Gasteiger partial charge in [-0.2, -0.15) is 8.78 Å². The summed E-state index contributed by atoms with van der Waals surface area (Å²) in [5.41, 5.74) is 5.17. The number of pyridine rings is 1. The van der Waals surface area contributed by atoms with Crippen LogP contribution >= 0.6 is 0 Å². The second kappa shape index (κ2) is 3.74. The summed E-state index contributed by atoms with van der Waals surface area (Å²) in [6.07, 6.45) is 2.39. The maximum absolute atomic E-state index is 11.9. The number of nitrogen functional groups attached to an aromatic ring is 1. The Hall–Kier alpha value is -1.44. The summed E-state index contributed by atoms with van der Waals surface area (Å²) in [7, 11) is -4.66. The van der Waals surface area contributed by atoms with Crippen molar-refractivity contribution >= 4 is 21.4 Å². The van der Waals surface area contributed by atoms with Crippen LogP contribution in [0, 0.1) is 0 Å². The van der Waals surface area contributed by atoms with Crippen LogP contribution in [-0.4, -0.2) is 19.2 Å². The number of rotatable bonds is 3. The van der Waals surface area contributed by atoms with E-state index in [0.717, 1.165) is 6.20 Å². The van der Waals surface area contributed by atoms with E-state index < -0.39 is 15.8 Å². The molecule has 0 aliphatic carbocycles. The summed E-state index contributed by atoms with van der Waals surface area (Å²) < 4.78 is 46.9. The maximum atomic E-state index is 11.9. The largest absolute Gasteiger partial charge is 0.396 e. The van der Waals surface area contributed by atoms with Crippen molar-refractivity contribution in [2.45, 2.75) is 5.76 Å². The lowest BCUT2D eigenvalue weighted by Crippen LogP contribution is -2.21. The van der Waals surface area contributed by atoms with E-state index in [0.29, 0.717) is 0 Å². The lowest BCUT2D eigenvalue weighted by molar-refractivity contribution is 0.236. The zero-order valence-electron chi connectivity index (χ0n) is 6.81. The molecule has 0 spiro atoms.